The van der Waals surface area contributed by atoms with Crippen molar-refractivity contribution in [3.8, 4) is 0 Å². The standard InChI is InChI=1S/C11H23N3O2/c12-5-1-2-6-14-10(15)11(9-13)3-7-16-8-4-11/h1-9,12-13H2,(H,14,15). The zero-order valence-electron chi connectivity index (χ0n) is 9.84. The van der Waals surface area contributed by atoms with Crippen LogP contribution in [0.25, 0.3) is 0 Å². The van der Waals surface area contributed by atoms with E-state index in [4.69, 9.17) is 16.2 Å². The Morgan fingerprint density at radius 3 is 2.50 bits per heavy atom. The lowest BCUT2D eigenvalue weighted by molar-refractivity contribution is -0.135. The molecular formula is C11H23N3O2. The fourth-order valence-electron chi connectivity index (χ4n) is 1.94. The number of nitrogens with one attached hydrogen (secondary N) is 1. The highest BCUT2D eigenvalue weighted by Gasteiger charge is 2.38. The molecular weight excluding hydrogens is 206 g/mol. The minimum Gasteiger partial charge on any atom is -0.381 e. The van der Waals surface area contributed by atoms with Gasteiger partial charge in [0.2, 0.25) is 5.91 Å². The van der Waals surface area contributed by atoms with Crippen LogP contribution < -0.4 is 16.8 Å². The molecule has 0 aromatic carbocycles. The van der Waals surface area contributed by atoms with Crippen LogP contribution in [-0.4, -0.2) is 38.8 Å². The third-order valence-corrected chi connectivity index (χ3v) is 3.24. The topological polar surface area (TPSA) is 90.4 Å². The number of amides is 1. The summed E-state index contributed by atoms with van der Waals surface area (Å²) in [5.74, 6) is 0.0790. The average molecular weight is 229 g/mol. The van der Waals surface area contributed by atoms with E-state index >= 15 is 0 Å². The van der Waals surface area contributed by atoms with Crippen molar-refractivity contribution in [2.45, 2.75) is 25.7 Å². The lowest BCUT2D eigenvalue weighted by atomic mass is 9.79. The van der Waals surface area contributed by atoms with Crippen molar-refractivity contribution in [1.82, 2.24) is 5.32 Å². The first kappa shape index (κ1) is 13.4. The molecule has 0 aliphatic carbocycles. The van der Waals surface area contributed by atoms with E-state index in [2.05, 4.69) is 5.32 Å². The Morgan fingerprint density at radius 1 is 1.25 bits per heavy atom. The maximum Gasteiger partial charge on any atom is 0.227 e. The van der Waals surface area contributed by atoms with E-state index in [0.29, 0.717) is 32.8 Å². The van der Waals surface area contributed by atoms with Gasteiger partial charge in [-0.25, -0.2) is 0 Å². The molecule has 5 N–H and O–H groups in total. The smallest absolute Gasteiger partial charge is 0.227 e. The predicted molar refractivity (Wildman–Crippen MR) is 62.8 cm³/mol. The summed E-state index contributed by atoms with van der Waals surface area (Å²) in [6.45, 7) is 3.03. The van der Waals surface area contributed by atoms with Crippen molar-refractivity contribution >= 4 is 5.91 Å². The molecule has 0 radical (unpaired) electrons. The Hall–Kier alpha value is -0.650. The summed E-state index contributed by atoms with van der Waals surface area (Å²) in [6, 6.07) is 0. The molecule has 0 aromatic heterocycles. The molecule has 0 spiro atoms. The van der Waals surface area contributed by atoms with Gasteiger partial charge in [-0.05, 0) is 32.2 Å². The summed E-state index contributed by atoms with van der Waals surface area (Å²) in [5, 5.41) is 2.95. The van der Waals surface area contributed by atoms with Crippen molar-refractivity contribution in [3.05, 3.63) is 0 Å². The summed E-state index contributed by atoms with van der Waals surface area (Å²) in [4.78, 5) is 12.0. The third-order valence-electron chi connectivity index (χ3n) is 3.24. The molecule has 1 saturated heterocycles. The molecule has 1 fully saturated rings. The lowest BCUT2D eigenvalue weighted by Crippen LogP contribution is -2.49. The first-order valence-corrected chi connectivity index (χ1v) is 6.01. The number of hydrogen-bond acceptors (Lipinski definition) is 4. The van der Waals surface area contributed by atoms with Gasteiger partial charge < -0.3 is 21.5 Å². The van der Waals surface area contributed by atoms with Gasteiger partial charge in [0.15, 0.2) is 0 Å². The third kappa shape index (κ3) is 3.43. The van der Waals surface area contributed by atoms with Gasteiger partial charge in [-0.15, -0.1) is 0 Å². The van der Waals surface area contributed by atoms with Gasteiger partial charge in [0.25, 0.3) is 0 Å². The van der Waals surface area contributed by atoms with Crippen molar-refractivity contribution in [2.24, 2.45) is 16.9 Å². The molecule has 1 aliphatic rings. The number of hydrogen-bond donors (Lipinski definition) is 3. The zero-order valence-corrected chi connectivity index (χ0v) is 9.84. The summed E-state index contributed by atoms with van der Waals surface area (Å²) in [5.41, 5.74) is 10.7. The fourth-order valence-corrected chi connectivity index (χ4v) is 1.94. The molecule has 1 heterocycles. The Labute approximate surface area is 96.9 Å². The largest absolute Gasteiger partial charge is 0.381 e. The molecule has 0 saturated carbocycles. The quantitative estimate of drug-likeness (QED) is 0.540. The highest BCUT2D eigenvalue weighted by molar-refractivity contribution is 5.83. The number of carbonyl (C=O) groups excluding carboxylic acids is 1. The Bertz CT molecular complexity index is 215. The van der Waals surface area contributed by atoms with E-state index in [0.717, 1.165) is 25.7 Å². The van der Waals surface area contributed by atoms with Crippen molar-refractivity contribution in [3.63, 3.8) is 0 Å². The molecule has 5 heteroatoms. The second kappa shape index (κ2) is 6.83. The van der Waals surface area contributed by atoms with Crippen LogP contribution in [0.15, 0.2) is 0 Å². The van der Waals surface area contributed by atoms with Gasteiger partial charge in [-0.2, -0.15) is 0 Å². The molecule has 1 amide bonds. The number of nitrogens with two attached hydrogens (primary N) is 2. The molecule has 94 valence electrons. The first-order valence-electron chi connectivity index (χ1n) is 6.01. The number of ether oxygens (including phenoxy) is 1. The van der Waals surface area contributed by atoms with Crippen LogP contribution in [0.4, 0.5) is 0 Å². The van der Waals surface area contributed by atoms with Crippen LogP contribution in [0.2, 0.25) is 0 Å². The minimum absolute atomic E-state index is 0.0790. The second-order valence-electron chi connectivity index (χ2n) is 4.35. The van der Waals surface area contributed by atoms with Crippen molar-refractivity contribution in [1.29, 1.82) is 0 Å². The highest BCUT2D eigenvalue weighted by atomic mass is 16.5. The number of unbranched alkanes of at least 4 members (excludes halogenated alkanes) is 1. The van der Waals surface area contributed by atoms with E-state index < -0.39 is 5.41 Å². The van der Waals surface area contributed by atoms with Gasteiger partial charge in [0.05, 0.1) is 5.41 Å². The summed E-state index contributed by atoms with van der Waals surface area (Å²) in [7, 11) is 0. The zero-order chi connectivity index (χ0) is 11.9. The summed E-state index contributed by atoms with van der Waals surface area (Å²) < 4.78 is 5.27. The highest BCUT2D eigenvalue weighted by Crippen LogP contribution is 2.29. The fraction of sp³-hybridized carbons (Fsp3) is 0.909. The van der Waals surface area contributed by atoms with Gasteiger partial charge >= 0.3 is 0 Å². The van der Waals surface area contributed by atoms with Crippen LogP contribution in [0.1, 0.15) is 25.7 Å². The van der Waals surface area contributed by atoms with Crippen LogP contribution >= 0.6 is 0 Å². The molecule has 5 nitrogen and oxygen atoms in total. The molecule has 0 bridgehead atoms. The maximum absolute atomic E-state index is 12.0. The van der Waals surface area contributed by atoms with Crippen molar-refractivity contribution in [2.75, 3.05) is 32.8 Å². The normalized spacial score (nSPS) is 19.4. The maximum atomic E-state index is 12.0. The van der Waals surface area contributed by atoms with Crippen LogP contribution in [0, 0.1) is 5.41 Å². The first-order chi connectivity index (χ1) is 7.75. The van der Waals surface area contributed by atoms with Gasteiger partial charge in [-0.3, -0.25) is 4.79 Å². The second-order valence-corrected chi connectivity index (χ2v) is 4.35. The number of rotatable bonds is 6. The monoisotopic (exact) mass is 229 g/mol. The van der Waals surface area contributed by atoms with E-state index in [1.54, 1.807) is 0 Å². The van der Waals surface area contributed by atoms with Crippen LogP contribution in [0.5, 0.6) is 0 Å². The van der Waals surface area contributed by atoms with Gasteiger partial charge in [-0.1, -0.05) is 0 Å². The molecule has 0 atom stereocenters. The SMILES string of the molecule is NCCCCNC(=O)C1(CN)CCOCC1. The van der Waals surface area contributed by atoms with E-state index in [-0.39, 0.29) is 5.91 Å². The molecule has 1 rings (SSSR count). The average Bonchev–Trinajstić information content (AvgIpc) is 2.35. The molecule has 0 unspecified atom stereocenters. The number of carbonyl (C=O) groups is 1. The Kier molecular flexibility index (Phi) is 5.73. The Balaban J connectivity index is 2.36. The van der Waals surface area contributed by atoms with E-state index in [1.807, 2.05) is 0 Å². The van der Waals surface area contributed by atoms with Crippen LogP contribution in [0.3, 0.4) is 0 Å². The van der Waals surface area contributed by atoms with E-state index in [1.165, 1.54) is 0 Å². The molecule has 1 aliphatic heterocycles. The van der Waals surface area contributed by atoms with Crippen molar-refractivity contribution < 1.29 is 9.53 Å². The Morgan fingerprint density at radius 2 is 1.94 bits per heavy atom. The lowest BCUT2D eigenvalue weighted by Gasteiger charge is -2.34. The minimum atomic E-state index is -0.402. The van der Waals surface area contributed by atoms with Crippen LogP contribution in [-0.2, 0) is 9.53 Å². The van der Waals surface area contributed by atoms with Gasteiger partial charge in [0.1, 0.15) is 0 Å². The predicted octanol–water partition coefficient (Wildman–Crippen LogP) is -0.403. The summed E-state index contributed by atoms with van der Waals surface area (Å²) in [6.07, 6.45) is 3.33. The molecule has 0 aromatic rings. The summed E-state index contributed by atoms with van der Waals surface area (Å²) >= 11 is 0. The van der Waals surface area contributed by atoms with E-state index in [9.17, 15) is 4.79 Å². The van der Waals surface area contributed by atoms with Gasteiger partial charge in [0, 0.05) is 26.3 Å². The molecule has 16 heavy (non-hydrogen) atoms.